The fourth-order valence-corrected chi connectivity index (χ4v) is 2.06. The molecule has 2 aromatic carbocycles. The van der Waals surface area contributed by atoms with Crippen molar-refractivity contribution in [2.45, 2.75) is 13.3 Å². The van der Waals surface area contributed by atoms with E-state index in [2.05, 4.69) is 5.32 Å². The van der Waals surface area contributed by atoms with E-state index in [0.717, 1.165) is 0 Å². The molecule has 1 N–H and O–H groups in total. The molecule has 0 aliphatic heterocycles. The molecule has 0 aromatic heterocycles. The van der Waals surface area contributed by atoms with Crippen LogP contribution in [0.1, 0.15) is 22.8 Å². The van der Waals surface area contributed by atoms with Crippen LogP contribution in [-0.4, -0.2) is 12.3 Å². The monoisotopic (exact) mass is 275 g/mol. The van der Waals surface area contributed by atoms with Gasteiger partial charge in [0.25, 0.3) is 0 Å². The fraction of sp³-hybridized carbons (Fsp3) is 0.188. The topological polar surface area (TPSA) is 29.1 Å². The Balaban J connectivity index is 2.07. The summed E-state index contributed by atoms with van der Waals surface area (Å²) in [5, 5.41) is 2.98. The molecule has 0 saturated heterocycles. The molecule has 2 nitrogen and oxygen atoms in total. The van der Waals surface area contributed by atoms with E-state index in [9.17, 15) is 13.6 Å². The Morgan fingerprint density at radius 1 is 1.05 bits per heavy atom. The zero-order chi connectivity index (χ0) is 14.5. The van der Waals surface area contributed by atoms with Gasteiger partial charge in [-0.05, 0) is 37.1 Å². The molecule has 0 aliphatic carbocycles. The number of carbonyl (C=O) groups is 1. The highest BCUT2D eigenvalue weighted by molar-refractivity contribution is 5.99. The van der Waals surface area contributed by atoms with Crippen molar-refractivity contribution in [3.05, 3.63) is 65.2 Å². The van der Waals surface area contributed by atoms with Crippen molar-refractivity contribution in [2.75, 3.05) is 11.9 Å². The highest BCUT2D eigenvalue weighted by Gasteiger charge is 2.12. The first-order chi connectivity index (χ1) is 9.59. The number of carbonyl (C=O) groups excluding carboxylic acids is 1. The zero-order valence-electron chi connectivity index (χ0n) is 11.1. The first kappa shape index (κ1) is 14.2. The normalized spacial score (nSPS) is 10.3. The zero-order valence-corrected chi connectivity index (χ0v) is 11.1. The Bertz CT molecular complexity index is 626. The summed E-state index contributed by atoms with van der Waals surface area (Å²) in [7, 11) is 0. The molecule has 2 rings (SSSR count). The summed E-state index contributed by atoms with van der Waals surface area (Å²) < 4.78 is 27.0. The maximum atomic E-state index is 13.6. The SMILES string of the molecule is CC(=O)c1c(F)cccc1NCCc1ccccc1F. The van der Waals surface area contributed by atoms with Gasteiger partial charge in [0.2, 0.25) is 0 Å². The number of anilines is 1. The van der Waals surface area contributed by atoms with Crippen molar-refractivity contribution in [1.29, 1.82) is 0 Å². The molecule has 0 bridgehead atoms. The van der Waals surface area contributed by atoms with Crippen LogP contribution in [0.2, 0.25) is 0 Å². The number of hydrogen-bond acceptors (Lipinski definition) is 2. The van der Waals surface area contributed by atoms with Crippen LogP contribution < -0.4 is 5.32 Å². The molecule has 0 fully saturated rings. The van der Waals surface area contributed by atoms with E-state index in [1.165, 1.54) is 25.1 Å². The Labute approximate surface area is 116 Å². The van der Waals surface area contributed by atoms with Gasteiger partial charge in [-0.2, -0.15) is 0 Å². The molecule has 4 heteroatoms. The molecule has 0 amide bonds. The van der Waals surface area contributed by atoms with Gasteiger partial charge in [0.05, 0.1) is 5.56 Å². The minimum atomic E-state index is -0.548. The quantitative estimate of drug-likeness (QED) is 0.840. The fourth-order valence-electron chi connectivity index (χ4n) is 2.06. The lowest BCUT2D eigenvalue weighted by Gasteiger charge is -2.11. The third-order valence-electron chi connectivity index (χ3n) is 3.03. The third kappa shape index (κ3) is 3.20. The third-order valence-corrected chi connectivity index (χ3v) is 3.03. The largest absolute Gasteiger partial charge is 0.384 e. The van der Waals surface area contributed by atoms with E-state index in [4.69, 9.17) is 0 Å². The van der Waals surface area contributed by atoms with E-state index >= 15 is 0 Å². The van der Waals surface area contributed by atoms with Crippen LogP contribution in [0.5, 0.6) is 0 Å². The number of rotatable bonds is 5. The van der Waals surface area contributed by atoms with E-state index in [-0.39, 0.29) is 17.2 Å². The molecule has 2 aromatic rings. The first-order valence-electron chi connectivity index (χ1n) is 6.36. The Hall–Kier alpha value is -2.23. The van der Waals surface area contributed by atoms with E-state index in [0.29, 0.717) is 24.2 Å². The number of nitrogens with one attached hydrogen (secondary N) is 1. The van der Waals surface area contributed by atoms with Crippen LogP contribution in [-0.2, 0) is 6.42 Å². The highest BCUT2D eigenvalue weighted by atomic mass is 19.1. The van der Waals surface area contributed by atoms with Crippen molar-refractivity contribution in [3.8, 4) is 0 Å². The van der Waals surface area contributed by atoms with Crippen LogP contribution in [0.4, 0.5) is 14.5 Å². The molecule has 0 saturated carbocycles. The smallest absolute Gasteiger partial charge is 0.164 e. The first-order valence-corrected chi connectivity index (χ1v) is 6.36. The minimum absolute atomic E-state index is 0.0426. The van der Waals surface area contributed by atoms with Crippen molar-refractivity contribution in [3.63, 3.8) is 0 Å². The molecule has 0 atom stereocenters. The second kappa shape index (κ2) is 6.28. The van der Waals surface area contributed by atoms with Crippen LogP contribution in [0.3, 0.4) is 0 Å². The number of hydrogen-bond donors (Lipinski definition) is 1. The van der Waals surface area contributed by atoms with Gasteiger partial charge in [0.15, 0.2) is 5.78 Å². The maximum Gasteiger partial charge on any atom is 0.164 e. The number of halogens is 2. The van der Waals surface area contributed by atoms with Crippen LogP contribution >= 0.6 is 0 Å². The summed E-state index contributed by atoms with van der Waals surface area (Å²) in [6.07, 6.45) is 0.459. The van der Waals surface area contributed by atoms with Gasteiger partial charge in [0, 0.05) is 12.2 Å². The summed E-state index contributed by atoms with van der Waals surface area (Å²) in [5.74, 6) is -1.15. The van der Waals surface area contributed by atoms with Gasteiger partial charge in [-0.25, -0.2) is 8.78 Å². The predicted octanol–water partition coefficient (Wildman–Crippen LogP) is 3.82. The van der Waals surface area contributed by atoms with E-state index < -0.39 is 5.82 Å². The molecule has 0 spiro atoms. The molecule has 0 radical (unpaired) electrons. The Morgan fingerprint density at radius 3 is 2.45 bits per heavy atom. The van der Waals surface area contributed by atoms with Gasteiger partial charge in [0.1, 0.15) is 11.6 Å². The van der Waals surface area contributed by atoms with Crippen molar-refractivity contribution < 1.29 is 13.6 Å². The van der Waals surface area contributed by atoms with Gasteiger partial charge < -0.3 is 5.32 Å². The number of ketones is 1. The second-order valence-corrected chi connectivity index (χ2v) is 4.49. The molecule has 104 valence electrons. The molecule has 0 unspecified atom stereocenters. The molecular weight excluding hydrogens is 260 g/mol. The lowest BCUT2D eigenvalue weighted by Crippen LogP contribution is -2.10. The summed E-state index contributed by atoms with van der Waals surface area (Å²) in [4.78, 5) is 11.4. The molecular formula is C16H15F2NO. The summed E-state index contributed by atoms with van der Waals surface area (Å²) in [6, 6.07) is 10.9. The van der Waals surface area contributed by atoms with Crippen molar-refractivity contribution in [2.24, 2.45) is 0 Å². The average molecular weight is 275 g/mol. The van der Waals surface area contributed by atoms with Crippen LogP contribution in [0.25, 0.3) is 0 Å². The predicted molar refractivity (Wildman–Crippen MR) is 75.0 cm³/mol. The van der Waals surface area contributed by atoms with Gasteiger partial charge in [-0.1, -0.05) is 24.3 Å². The lowest BCUT2D eigenvalue weighted by atomic mass is 10.1. The summed E-state index contributed by atoms with van der Waals surface area (Å²) in [5.41, 5.74) is 1.07. The average Bonchev–Trinajstić information content (AvgIpc) is 2.40. The highest BCUT2D eigenvalue weighted by Crippen LogP contribution is 2.19. The molecule has 0 aliphatic rings. The second-order valence-electron chi connectivity index (χ2n) is 4.49. The number of Topliss-reactive ketones (excluding diaryl/α,β-unsaturated/α-hetero) is 1. The lowest BCUT2D eigenvalue weighted by molar-refractivity contribution is 0.101. The van der Waals surface area contributed by atoms with E-state index in [1.54, 1.807) is 24.3 Å². The van der Waals surface area contributed by atoms with Gasteiger partial charge >= 0.3 is 0 Å². The summed E-state index contributed by atoms with van der Waals surface area (Å²) >= 11 is 0. The van der Waals surface area contributed by atoms with E-state index in [1.807, 2.05) is 0 Å². The number of benzene rings is 2. The molecule has 0 heterocycles. The van der Waals surface area contributed by atoms with Gasteiger partial charge in [-0.15, -0.1) is 0 Å². The Morgan fingerprint density at radius 2 is 1.75 bits per heavy atom. The summed E-state index contributed by atoms with van der Waals surface area (Å²) in [6.45, 7) is 1.74. The van der Waals surface area contributed by atoms with Crippen LogP contribution in [0.15, 0.2) is 42.5 Å². The maximum absolute atomic E-state index is 13.6. The Kier molecular flexibility index (Phi) is 4.45. The van der Waals surface area contributed by atoms with Crippen molar-refractivity contribution >= 4 is 11.5 Å². The minimum Gasteiger partial charge on any atom is -0.384 e. The molecule has 20 heavy (non-hydrogen) atoms. The van der Waals surface area contributed by atoms with Crippen molar-refractivity contribution in [1.82, 2.24) is 0 Å². The van der Waals surface area contributed by atoms with Gasteiger partial charge in [-0.3, -0.25) is 4.79 Å². The van der Waals surface area contributed by atoms with Crippen LogP contribution in [0, 0.1) is 11.6 Å². The standard InChI is InChI=1S/C16H15F2NO/c1-11(20)16-14(18)7-4-8-15(16)19-10-9-12-5-2-3-6-13(12)17/h2-8,19H,9-10H2,1H3.